The second-order valence-corrected chi connectivity index (χ2v) is 7.23. The summed E-state index contributed by atoms with van der Waals surface area (Å²) in [5.74, 6) is 0. The van der Waals surface area contributed by atoms with Gasteiger partial charge in [-0.05, 0) is 24.3 Å². The first kappa shape index (κ1) is 15.1. The summed E-state index contributed by atoms with van der Waals surface area (Å²) in [6.45, 7) is 0. The van der Waals surface area contributed by atoms with Crippen molar-refractivity contribution in [1.29, 1.82) is 0 Å². The molecule has 7 heteroatoms. The number of rotatable bonds is 3. The zero-order valence-corrected chi connectivity index (χ0v) is 13.4. The van der Waals surface area contributed by atoms with E-state index in [2.05, 4.69) is 0 Å². The minimum Gasteiger partial charge on any atom is -0.298 e. The van der Waals surface area contributed by atoms with E-state index in [1.807, 2.05) is 0 Å². The molecule has 1 heterocycles. The lowest BCUT2D eigenvalue weighted by atomic mass is 10.2. The van der Waals surface area contributed by atoms with Gasteiger partial charge >= 0.3 is 0 Å². The number of fused-ring (bicyclic) bond motifs is 1. The van der Waals surface area contributed by atoms with Crippen LogP contribution in [0.3, 0.4) is 0 Å². The van der Waals surface area contributed by atoms with Crippen LogP contribution in [0, 0.1) is 0 Å². The second-order valence-electron chi connectivity index (χ2n) is 4.60. The summed E-state index contributed by atoms with van der Waals surface area (Å²) in [5, 5.41) is 0.988. The molecule has 0 unspecified atom stereocenters. The quantitative estimate of drug-likeness (QED) is 0.668. The van der Waals surface area contributed by atoms with Crippen molar-refractivity contribution in [2.75, 3.05) is 0 Å². The number of halogens is 2. The smallest absolute Gasteiger partial charge is 0.268 e. The SMILES string of the molecule is O=Cc1cn(S(=O)(=O)c2ccc(Cl)c(Cl)c2)c2ccccc12. The van der Waals surface area contributed by atoms with Gasteiger partial charge < -0.3 is 0 Å². The normalized spacial score (nSPS) is 11.7. The Balaban J connectivity index is 2.29. The van der Waals surface area contributed by atoms with Gasteiger partial charge in [-0.25, -0.2) is 12.4 Å². The van der Waals surface area contributed by atoms with E-state index in [0.717, 1.165) is 3.97 Å². The molecule has 0 radical (unpaired) electrons. The number of carbonyl (C=O) groups is 1. The molecular weight excluding hydrogens is 345 g/mol. The van der Waals surface area contributed by atoms with Gasteiger partial charge in [0.15, 0.2) is 6.29 Å². The van der Waals surface area contributed by atoms with E-state index in [1.54, 1.807) is 24.3 Å². The molecule has 2 aromatic carbocycles. The highest BCUT2D eigenvalue weighted by Crippen LogP contribution is 2.29. The average molecular weight is 354 g/mol. The van der Waals surface area contributed by atoms with Crippen molar-refractivity contribution in [2.45, 2.75) is 4.90 Å². The van der Waals surface area contributed by atoms with Gasteiger partial charge in [-0.2, -0.15) is 0 Å². The molecule has 3 aromatic rings. The van der Waals surface area contributed by atoms with E-state index >= 15 is 0 Å². The molecule has 0 spiro atoms. The first-order valence-corrected chi connectivity index (χ1v) is 8.40. The van der Waals surface area contributed by atoms with Crippen LogP contribution in [0.4, 0.5) is 0 Å². The molecule has 0 fully saturated rings. The number of aromatic nitrogens is 1. The molecule has 112 valence electrons. The Morgan fingerprint density at radius 1 is 1.00 bits per heavy atom. The van der Waals surface area contributed by atoms with E-state index in [9.17, 15) is 13.2 Å². The van der Waals surface area contributed by atoms with Gasteiger partial charge in [0.2, 0.25) is 0 Å². The Bertz CT molecular complexity index is 993. The van der Waals surface area contributed by atoms with E-state index in [4.69, 9.17) is 23.2 Å². The van der Waals surface area contributed by atoms with Crippen molar-refractivity contribution < 1.29 is 13.2 Å². The van der Waals surface area contributed by atoms with Crippen LogP contribution in [0.1, 0.15) is 10.4 Å². The minimum atomic E-state index is -3.88. The molecule has 0 aliphatic heterocycles. The van der Waals surface area contributed by atoms with Crippen LogP contribution in [-0.4, -0.2) is 18.7 Å². The lowest BCUT2D eigenvalue weighted by molar-refractivity contribution is 0.112. The lowest BCUT2D eigenvalue weighted by Gasteiger charge is -2.08. The van der Waals surface area contributed by atoms with Crippen molar-refractivity contribution >= 4 is 50.4 Å². The second kappa shape index (κ2) is 5.43. The highest BCUT2D eigenvalue weighted by Gasteiger charge is 2.21. The number of nitrogens with zero attached hydrogens (tertiary/aromatic N) is 1. The third-order valence-electron chi connectivity index (χ3n) is 3.28. The van der Waals surface area contributed by atoms with E-state index < -0.39 is 10.0 Å². The zero-order chi connectivity index (χ0) is 15.9. The molecule has 0 amide bonds. The predicted molar refractivity (Wildman–Crippen MR) is 86.4 cm³/mol. The minimum absolute atomic E-state index is 0.0000945. The largest absolute Gasteiger partial charge is 0.298 e. The fraction of sp³-hybridized carbons (Fsp3) is 0. The molecule has 0 N–H and O–H groups in total. The van der Waals surface area contributed by atoms with Crippen LogP contribution >= 0.6 is 23.2 Å². The van der Waals surface area contributed by atoms with Gasteiger partial charge in [-0.1, -0.05) is 41.4 Å². The van der Waals surface area contributed by atoms with Crippen molar-refractivity contribution in [3.05, 3.63) is 64.3 Å². The number of aldehydes is 1. The fourth-order valence-electron chi connectivity index (χ4n) is 2.22. The van der Waals surface area contributed by atoms with Gasteiger partial charge in [0.25, 0.3) is 10.0 Å². The summed E-state index contributed by atoms with van der Waals surface area (Å²) in [5.41, 5.74) is 0.731. The van der Waals surface area contributed by atoms with Gasteiger partial charge in [0, 0.05) is 17.1 Å². The molecule has 0 bridgehead atoms. The lowest BCUT2D eigenvalue weighted by Crippen LogP contribution is -2.11. The number of carbonyl (C=O) groups excluding carboxylic acids is 1. The van der Waals surface area contributed by atoms with Gasteiger partial charge in [-0.15, -0.1) is 0 Å². The monoisotopic (exact) mass is 353 g/mol. The number of hydrogen-bond donors (Lipinski definition) is 0. The maximum absolute atomic E-state index is 12.8. The summed E-state index contributed by atoms with van der Waals surface area (Å²) < 4.78 is 26.6. The van der Waals surface area contributed by atoms with Crippen LogP contribution in [0.15, 0.2) is 53.6 Å². The number of hydrogen-bond acceptors (Lipinski definition) is 3. The van der Waals surface area contributed by atoms with Crippen molar-refractivity contribution in [1.82, 2.24) is 3.97 Å². The molecule has 22 heavy (non-hydrogen) atoms. The van der Waals surface area contributed by atoms with Crippen LogP contribution in [0.5, 0.6) is 0 Å². The van der Waals surface area contributed by atoms with Gasteiger partial charge in [0.05, 0.1) is 20.5 Å². The Kier molecular flexibility index (Phi) is 3.72. The van der Waals surface area contributed by atoms with Crippen LogP contribution in [-0.2, 0) is 10.0 Å². The first-order chi connectivity index (χ1) is 10.4. The first-order valence-electron chi connectivity index (χ1n) is 6.21. The molecule has 0 aliphatic carbocycles. The topological polar surface area (TPSA) is 56.1 Å². The van der Waals surface area contributed by atoms with Crippen LogP contribution < -0.4 is 0 Å². The molecule has 3 rings (SSSR count). The van der Waals surface area contributed by atoms with Crippen molar-refractivity contribution in [2.24, 2.45) is 0 Å². The molecule has 1 aromatic heterocycles. The Labute approximate surface area is 136 Å². The summed E-state index contributed by atoms with van der Waals surface area (Å²) >= 11 is 11.7. The third kappa shape index (κ3) is 2.31. The van der Waals surface area contributed by atoms with E-state index in [1.165, 1.54) is 24.4 Å². The highest BCUT2D eigenvalue weighted by molar-refractivity contribution is 7.90. The maximum Gasteiger partial charge on any atom is 0.268 e. The Morgan fingerprint density at radius 3 is 2.41 bits per heavy atom. The molecule has 0 atom stereocenters. The number of para-hydroxylation sites is 1. The summed E-state index contributed by atoms with van der Waals surface area (Å²) in [4.78, 5) is 11.1. The number of benzene rings is 2. The Hall–Kier alpha value is -1.82. The van der Waals surface area contributed by atoms with Gasteiger partial charge in [0.1, 0.15) is 0 Å². The maximum atomic E-state index is 12.8. The third-order valence-corrected chi connectivity index (χ3v) is 5.69. The zero-order valence-electron chi connectivity index (χ0n) is 11.0. The van der Waals surface area contributed by atoms with Crippen molar-refractivity contribution in [3.63, 3.8) is 0 Å². The predicted octanol–water partition coefficient (Wildman–Crippen LogP) is 4.00. The molecular formula is C15H9Cl2NO3S. The summed E-state index contributed by atoms with van der Waals surface area (Å²) in [7, 11) is -3.88. The highest BCUT2D eigenvalue weighted by atomic mass is 35.5. The Morgan fingerprint density at radius 2 is 1.73 bits per heavy atom. The van der Waals surface area contributed by atoms with Crippen LogP contribution in [0.25, 0.3) is 10.9 Å². The molecule has 4 nitrogen and oxygen atoms in total. The molecule has 0 saturated heterocycles. The molecule has 0 saturated carbocycles. The fourth-order valence-corrected chi connectivity index (χ4v) is 3.99. The average Bonchev–Trinajstić information content (AvgIpc) is 2.89. The molecule has 0 aliphatic rings. The van der Waals surface area contributed by atoms with Crippen molar-refractivity contribution in [3.8, 4) is 0 Å². The summed E-state index contributed by atoms with van der Waals surface area (Å²) in [6.07, 6.45) is 1.93. The van der Waals surface area contributed by atoms with E-state index in [0.29, 0.717) is 22.8 Å². The van der Waals surface area contributed by atoms with Crippen LogP contribution in [0.2, 0.25) is 10.0 Å². The summed E-state index contributed by atoms with van der Waals surface area (Å²) in [6, 6.07) is 10.9. The standard InChI is InChI=1S/C15H9Cl2NO3S/c16-13-6-5-11(7-14(13)17)22(20,21)18-8-10(9-19)12-3-1-2-4-15(12)18/h1-9H. The van der Waals surface area contributed by atoms with E-state index in [-0.39, 0.29) is 14.9 Å². The van der Waals surface area contributed by atoms with Gasteiger partial charge in [-0.3, -0.25) is 4.79 Å².